The number of imidazole rings is 1. The molecule has 6 rings (SSSR count). The average Bonchev–Trinajstić information content (AvgIpc) is 3.56. The topological polar surface area (TPSA) is 118 Å². The number of fused-ring (bicyclic) bond motifs is 1. The third-order valence-corrected chi connectivity index (χ3v) is 7.46. The minimum Gasteiger partial charge on any atom is -0.471 e. The summed E-state index contributed by atoms with van der Waals surface area (Å²) in [7, 11) is 0. The molecular formula is C32H33N5O4. The first kappa shape index (κ1) is 26.9. The number of nitrogen functional groups attached to an aromatic ring is 1. The number of aliphatic hydroxyl groups excluding tert-OH is 1. The van der Waals surface area contributed by atoms with E-state index in [1.54, 1.807) is 6.33 Å². The number of ether oxygens (including phenoxy) is 3. The van der Waals surface area contributed by atoms with Gasteiger partial charge in [0.1, 0.15) is 6.61 Å². The van der Waals surface area contributed by atoms with E-state index < -0.39 is 12.1 Å². The van der Waals surface area contributed by atoms with Gasteiger partial charge in [-0.15, -0.1) is 0 Å². The van der Waals surface area contributed by atoms with Crippen LogP contribution < -0.4 is 10.5 Å². The van der Waals surface area contributed by atoms with Crippen LogP contribution in [0.25, 0.3) is 11.2 Å². The predicted octanol–water partition coefficient (Wildman–Crippen LogP) is 4.71. The number of rotatable bonds is 11. The lowest BCUT2D eigenvalue weighted by Gasteiger charge is -2.27. The van der Waals surface area contributed by atoms with Crippen molar-refractivity contribution in [3.05, 3.63) is 114 Å². The maximum atomic E-state index is 11.4. The van der Waals surface area contributed by atoms with Crippen molar-refractivity contribution in [1.82, 2.24) is 19.5 Å². The Balaban J connectivity index is 1.27. The lowest BCUT2D eigenvalue weighted by atomic mass is 10.0. The lowest BCUT2D eigenvalue weighted by Crippen LogP contribution is -2.30. The number of nitrogens with two attached hydrogens (primary N) is 1. The van der Waals surface area contributed by atoms with Crippen molar-refractivity contribution in [2.45, 2.75) is 44.5 Å². The number of aliphatic hydroxyl groups is 1. The van der Waals surface area contributed by atoms with Crippen molar-refractivity contribution in [3.63, 3.8) is 0 Å². The molecule has 3 N–H and O–H groups in total. The predicted molar refractivity (Wildman–Crippen MR) is 155 cm³/mol. The zero-order valence-electron chi connectivity index (χ0n) is 22.6. The number of aromatic nitrogens is 4. The quantitative estimate of drug-likeness (QED) is 0.242. The molecule has 9 nitrogen and oxygen atoms in total. The van der Waals surface area contributed by atoms with Gasteiger partial charge in [-0.1, -0.05) is 91.0 Å². The van der Waals surface area contributed by atoms with Crippen LogP contribution in [-0.2, 0) is 29.3 Å². The minimum absolute atomic E-state index is 0.0727. The highest BCUT2D eigenvalue weighted by molar-refractivity contribution is 5.77. The maximum absolute atomic E-state index is 11.4. The second-order valence-corrected chi connectivity index (χ2v) is 10.3. The Bertz CT molecular complexity index is 1550. The van der Waals surface area contributed by atoms with Gasteiger partial charge in [-0.25, -0.2) is 4.98 Å². The van der Waals surface area contributed by atoms with Gasteiger partial charge < -0.3 is 29.6 Å². The Morgan fingerprint density at radius 3 is 2.07 bits per heavy atom. The molecule has 1 fully saturated rings. The smallest absolute Gasteiger partial charge is 0.247 e. The SMILES string of the molecule is Nc1nc(OCc2ccccc2)c2ncn([C@H]3[C@H](COCc4ccccc4)[C@H](OCc4ccccc4)C[C@@H]3O)c2n1. The summed E-state index contributed by atoms with van der Waals surface area (Å²) in [6.45, 7) is 1.60. The first-order valence-electron chi connectivity index (χ1n) is 13.8. The van der Waals surface area contributed by atoms with E-state index in [1.165, 1.54) is 0 Å². The fraction of sp³-hybridized carbons (Fsp3) is 0.281. The van der Waals surface area contributed by atoms with Gasteiger partial charge in [-0.2, -0.15) is 9.97 Å². The number of nitrogens with zero attached hydrogens (tertiary/aromatic N) is 4. The number of hydrogen-bond donors (Lipinski definition) is 2. The van der Waals surface area contributed by atoms with E-state index in [2.05, 4.69) is 15.0 Å². The summed E-state index contributed by atoms with van der Waals surface area (Å²) in [5.74, 6) is 0.208. The molecule has 1 saturated carbocycles. The molecule has 0 unspecified atom stereocenters. The van der Waals surface area contributed by atoms with Gasteiger partial charge in [0.15, 0.2) is 11.2 Å². The molecule has 2 aromatic heterocycles. The van der Waals surface area contributed by atoms with Gasteiger partial charge in [0.25, 0.3) is 0 Å². The Morgan fingerprint density at radius 1 is 0.805 bits per heavy atom. The van der Waals surface area contributed by atoms with Gasteiger partial charge >= 0.3 is 0 Å². The molecule has 9 heteroatoms. The Morgan fingerprint density at radius 2 is 1.41 bits per heavy atom. The van der Waals surface area contributed by atoms with Crippen LogP contribution in [0.2, 0.25) is 0 Å². The Hall–Kier alpha value is -4.31. The van der Waals surface area contributed by atoms with E-state index in [4.69, 9.17) is 19.9 Å². The van der Waals surface area contributed by atoms with E-state index in [1.807, 2.05) is 95.6 Å². The zero-order chi connectivity index (χ0) is 28.0. The van der Waals surface area contributed by atoms with Gasteiger partial charge in [0.2, 0.25) is 11.8 Å². The van der Waals surface area contributed by atoms with Gasteiger partial charge in [-0.3, -0.25) is 0 Å². The largest absolute Gasteiger partial charge is 0.471 e. The summed E-state index contributed by atoms with van der Waals surface area (Å²) in [5.41, 5.74) is 10.3. The van der Waals surface area contributed by atoms with Crippen LogP contribution in [0.3, 0.4) is 0 Å². The number of hydrogen-bond acceptors (Lipinski definition) is 8. The molecule has 5 aromatic rings. The van der Waals surface area contributed by atoms with Crippen LogP contribution in [0.4, 0.5) is 5.95 Å². The highest BCUT2D eigenvalue weighted by atomic mass is 16.5. The fourth-order valence-electron chi connectivity index (χ4n) is 5.46. The third-order valence-electron chi connectivity index (χ3n) is 7.46. The molecule has 4 atom stereocenters. The van der Waals surface area contributed by atoms with E-state index in [9.17, 15) is 5.11 Å². The molecule has 210 valence electrons. The van der Waals surface area contributed by atoms with Gasteiger partial charge in [0.05, 0.1) is 44.4 Å². The summed E-state index contributed by atoms with van der Waals surface area (Å²) in [4.78, 5) is 13.4. The average molecular weight is 552 g/mol. The van der Waals surface area contributed by atoms with Crippen molar-refractivity contribution in [1.29, 1.82) is 0 Å². The molecule has 1 aliphatic rings. The molecule has 3 aromatic carbocycles. The molecule has 0 spiro atoms. The van der Waals surface area contributed by atoms with Gasteiger partial charge in [-0.05, 0) is 16.7 Å². The van der Waals surface area contributed by atoms with E-state index >= 15 is 0 Å². The molecule has 0 saturated heterocycles. The van der Waals surface area contributed by atoms with Crippen LogP contribution >= 0.6 is 0 Å². The summed E-state index contributed by atoms with van der Waals surface area (Å²) < 4.78 is 20.5. The summed E-state index contributed by atoms with van der Waals surface area (Å²) >= 11 is 0. The van der Waals surface area contributed by atoms with Crippen LogP contribution in [-0.4, -0.2) is 43.4 Å². The zero-order valence-corrected chi connectivity index (χ0v) is 22.6. The summed E-state index contributed by atoms with van der Waals surface area (Å²) in [5, 5.41) is 11.4. The second-order valence-electron chi connectivity index (χ2n) is 10.3. The van der Waals surface area contributed by atoms with Crippen molar-refractivity contribution < 1.29 is 19.3 Å². The molecule has 0 radical (unpaired) electrons. The van der Waals surface area contributed by atoms with Crippen molar-refractivity contribution in [2.24, 2.45) is 5.92 Å². The van der Waals surface area contributed by atoms with Crippen LogP contribution in [0.5, 0.6) is 5.88 Å². The van der Waals surface area contributed by atoms with Crippen LogP contribution in [0.1, 0.15) is 29.2 Å². The molecule has 1 aliphatic carbocycles. The van der Waals surface area contributed by atoms with Crippen molar-refractivity contribution >= 4 is 17.1 Å². The van der Waals surface area contributed by atoms with Gasteiger partial charge in [0, 0.05) is 12.3 Å². The van der Waals surface area contributed by atoms with Crippen molar-refractivity contribution in [3.8, 4) is 5.88 Å². The summed E-state index contributed by atoms with van der Waals surface area (Å²) in [6, 6.07) is 29.5. The normalized spacial score (nSPS) is 20.4. The number of benzene rings is 3. The van der Waals surface area contributed by atoms with Crippen molar-refractivity contribution in [2.75, 3.05) is 12.3 Å². The monoisotopic (exact) mass is 551 g/mol. The molecular weight excluding hydrogens is 518 g/mol. The molecule has 0 bridgehead atoms. The Labute approximate surface area is 238 Å². The third kappa shape index (κ3) is 6.22. The van der Waals surface area contributed by atoms with E-state index in [0.29, 0.717) is 49.9 Å². The molecule has 41 heavy (non-hydrogen) atoms. The van der Waals surface area contributed by atoms with Crippen LogP contribution in [0, 0.1) is 5.92 Å². The highest BCUT2D eigenvalue weighted by Gasteiger charge is 2.45. The van der Waals surface area contributed by atoms with Crippen LogP contribution in [0.15, 0.2) is 97.3 Å². The summed E-state index contributed by atoms with van der Waals surface area (Å²) in [6.07, 6.45) is 1.18. The standard InChI is InChI=1S/C32H33N5O4/c33-32-35-30-28(31(36-32)41-19-24-14-8-3-9-15-24)34-21-37(30)29-25(20-39-17-22-10-4-1-5-11-22)27(16-26(29)38)40-18-23-12-6-2-7-13-23/h1-15,21,25-27,29,38H,16-20H2,(H2,33,35,36)/t25-,26+,27-,29+/m1/s1. The fourth-order valence-corrected chi connectivity index (χ4v) is 5.46. The highest BCUT2D eigenvalue weighted by Crippen LogP contribution is 2.41. The maximum Gasteiger partial charge on any atom is 0.247 e. The Kier molecular flexibility index (Phi) is 8.18. The first-order chi connectivity index (χ1) is 20.2. The number of anilines is 1. The minimum atomic E-state index is -0.705. The van der Waals surface area contributed by atoms with E-state index in [0.717, 1.165) is 16.7 Å². The lowest BCUT2D eigenvalue weighted by molar-refractivity contribution is -0.0273. The second kappa shape index (κ2) is 12.5. The molecule has 2 heterocycles. The first-order valence-corrected chi connectivity index (χ1v) is 13.8. The molecule has 0 aliphatic heterocycles. The van der Waals surface area contributed by atoms with E-state index in [-0.39, 0.29) is 18.0 Å². The molecule has 0 amide bonds.